The first-order chi connectivity index (χ1) is 14.7. The number of hydrogen-bond acceptors (Lipinski definition) is 3. The second-order valence-electron chi connectivity index (χ2n) is 6.34. The van der Waals surface area contributed by atoms with Crippen molar-refractivity contribution >= 4 is 39.5 Å². The van der Waals surface area contributed by atoms with Crippen LogP contribution in [-0.2, 0) is 11.0 Å². The lowest BCUT2D eigenvalue weighted by Gasteiger charge is -2.13. The molecule has 0 fully saturated rings. The van der Waals surface area contributed by atoms with Crippen LogP contribution in [0.5, 0.6) is 0 Å². The van der Waals surface area contributed by atoms with Gasteiger partial charge in [0, 0.05) is 28.1 Å². The van der Waals surface area contributed by atoms with Crippen LogP contribution >= 0.6 is 15.9 Å². The third kappa shape index (κ3) is 6.26. The van der Waals surface area contributed by atoms with E-state index in [1.165, 1.54) is 24.4 Å². The molecule has 3 aromatic rings. The van der Waals surface area contributed by atoms with E-state index in [1.54, 1.807) is 42.6 Å². The molecular weight excluding hydrogens is 475 g/mol. The number of pyridine rings is 1. The van der Waals surface area contributed by atoms with E-state index < -0.39 is 23.6 Å². The van der Waals surface area contributed by atoms with Gasteiger partial charge < -0.3 is 10.6 Å². The molecule has 0 radical (unpaired) electrons. The van der Waals surface area contributed by atoms with Crippen molar-refractivity contribution in [2.24, 2.45) is 0 Å². The first-order valence-corrected chi connectivity index (χ1v) is 9.69. The zero-order valence-corrected chi connectivity index (χ0v) is 17.4. The largest absolute Gasteiger partial charge is 0.416 e. The van der Waals surface area contributed by atoms with Gasteiger partial charge in [-0.05, 0) is 54.1 Å². The highest BCUT2D eigenvalue weighted by Gasteiger charge is 2.30. The van der Waals surface area contributed by atoms with Crippen LogP contribution in [-0.4, -0.2) is 16.8 Å². The highest BCUT2D eigenvalue weighted by atomic mass is 79.9. The van der Waals surface area contributed by atoms with Crippen LogP contribution in [0.2, 0.25) is 0 Å². The quantitative estimate of drug-likeness (QED) is 0.479. The molecule has 2 N–H and O–H groups in total. The molecule has 2 aromatic carbocycles. The number of benzene rings is 2. The maximum absolute atomic E-state index is 13.0. The molecule has 9 heteroatoms. The van der Waals surface area contributed by atoms with Crippen molar-refractivity contribution in [3.8, 4) is 0 Å². The average molecular weight is 490 g/mol. The smallest absolute Gasteiger partial charge is 0.321 e. The van der Waals surface area contributed by atoms with E-state index in [1.807, 2.05) is 0 Å². The first-order valence-electron chi connectivity index (χ1n) is 8.89. The molecule has 0 aliphatic carbocycles. The van der Waals surface area contributed by atoms with Gasteiger partial charge in [0.2, 0.25) is 0 Å². The Morgan fingerprint density at radius 2 is 1.77 bits per heavy atom. The summed E-state index contributed by atoms with van der Waals surface area (Å²) in [5.41, 5.74) is -0.310. The van der Waals surface area contributed by atoms with Gasteiger partial charge in [-0.25, -0.2) is 0 Å². The predicted octanol–water partition coefficient (Wildman–Crippen LogP) is 5.27. The van der Waals surface area contributed by atoms with Gasteiger partial charge in [-0.3, -0.25) is 14.6 Å². The molecule has 2 amide bonds. The van der Waals surface area contributed by atoms with Gasteiger partial charge in [-0.15, -0.1) is 0 Å². The van der Waals surface area contributed by atoms with E-state index in [0.29, 0.717) is 15.6 Å². The molecule has 0 spiro atoms. The molecule has 5 nitrogen and oxygen atoms in total. The second-order valence-corrected chi connectivity index (χ2v) is 7.26. The van der Waals surface area contributed by atoms with Crippen LogP contribution in [0.1, 0.15) is 21.5 Å². The number of alkyl halides is 3. The fourth-order valence-electron chi connectivity index (χ4n) is 2.58. The monoisotopic (exact) mass is 489 g/mol. The van der Waals surface area contributed by atoms with Gasteiger partial charge in [0.05, 0.1) is 5.56 Å². The summed E-state index contributed by atoms with van der Waals surface area (Å²) in [6.07, 6.45) is -0.154. The Morgan fingerprint density at radius 1 is 1.00 bits per heavy atom. The van der Waals surface area contributed by atoms with Crippen molar-refractivity contribution in [2.75, 3.05) is 5.32 Å². The van der Waals surface area contributed by atoms with Crippen LogP contribution in [0.3, 0.4) is 0 Å². The lowest BCUT2D eigenvalue weighted by atomic mass is 10.1. The van der Waals surface area contributed by atoms with E-state index in [-0.39, 0.29) is 11.4 Å². The summed E-state index contributed by atoms with van der Waals surface area (Å²) in [6, 6.07) is 14.1. The van der Waals surface area contributed by atoms with Crippen molar-refractivity contribution in [1.82, 2.24) is 10.3 Å². The number of amides is 2. The third-order valence-electron chi connectivity index (χ3n) is 4.02. The lowest BCUT2D eigenvalue weighted by Crippen LogP contribution is -2.30. The maximum Gasteiger partial charge on any atom is 0.416 e. The SMILES string of the molecule is O=C(Nc1cccc(C(F)(F)F)c1)C(=Cc1cccnc1)NC(=O)c1cccc(Br)c1. The van der Waals surface area contributed by atoms with Gasteiger partial charge in [-0.2, -0.15) is 13.2 Å². The van der Waals surface area contributed by atoms with Crippen LogP contribution in [0.4, 0.5) is 18.9 Å². The zero-order valence-electron chi connectivity index (χ0n) is 15.8. The number of hydrogen-bond donors (Lipinski definition) is 2. The van der Waals surface area contributed by atoms with Gasteiger partial charge in [0.15, 0.2) is 0 Å². The minimum Gasteiger partial charge on any atom is -0.321 e. The first kappa shape index (κ1) is 22.2. The molecule has 1 heterocycles. The Bertz CT molecular complexity index is 1130. The molecule has 1 aromatic heterocycles. The van der Waals surface area contributed by atoms with Gasteiger partial charge in [-0.1, -0.05) is 34.1 Å². The molecule has 31 heavy (non-hydrogen) atoms. The molecule has 0 atom stereocenters. The fourth-order valence-corrected chi connectivity index (χ4v) is 2.98. The van der Waals surface area contributed by atoms with Crippen LogP contribution in [0.15, 0.2) is 83.2 Å². The predicted molar refractivity (Wildman–Crippen MR) is 114 cm³/mol. The van der Waals surface area contributed by atoms with E-state index in [0.717, 1.165) is 12.1 Å². The van der Waals surface area contributed by atoms with E-state index >= 15 is 0 Å². The fraction of sp³-hybridized carbons (Fsp3) is 0.0455. The van der Waals surface area contributed by atoms with E-state index in [9.17, 15) is 22.8 Å². The molecule has 0 bridgehead atoms. The Balaban J connectivity index is 1.88. The summed E-state index contributed by atoms with van der Waals surface area (Å²) in [5.74, 6) is -1.35. The molecule has 0 aliphatic heterocycles. The number of nitrogens with one attached hydrogen (secondary N) is 2. The van der Waals surface area contributed by atoms with Crippen LogP contribution in [0.25, 0.3) is 6.08 Å². The molecule has 0 unspecified atom stereocenters. The molecule has 0 aliphatic rings. The van der Waals surface area contributed by atoms with Gasteiger partial charge >= 0.3 is 6.18 Å². The van der Waals surface area contributed by atoms with Crippen LogP contribution < -0.4 is 10.6 Å². The topological polar surface area (TPSA) is 71.1 Å². The average Bonchev–Trinajstić information content (AvgIpc) is 2.73. The number of halogens is 4. The summed E-state index contributed by atoms with van der Waals surface area (Å²) < 4.78 is 39.5. The molecule has 158 valence electrons. The number of anilines is 1. The van der Waals surface area contributed by atoms with Gasteiger partial charge in [0.25, 0.3) is 11.8 Å². The van der Waals surface area contributed by atoms with Gasteiger partial charge in [0.1, 0.15) is 5.70 Å². The van der Waals surface area contributed by atoms with E-state index in [4.69, 9.17) is 0 Å². The second kappa shape index (κ2) is 9.57. The summed E-state index contributed by atoms with van der Waals surface area (Å²) in [5, 5.41) is 4.90. The van der Waals surface area contributed by atoms with Crippen molar-refractivity contribution < 1.29 is 22.8 Å². The van der Waals surface area contributed by atoms with Crippen molar-refractivity contribution in [1.29, 1.82) is 0 Å². The minimum absolute atomic E-state index is 0.0615. The van der Waals surface area contributed by atoms with Crippen molar-refractivity contribution in [3.05, 3.63) is 99.9 Å². The number of carbonyl (C=O) groups is 2. The number of aromatic nitrogens is 1. The summed E-state index contributed by atoms with van der Waals surface area (Å²) in [6.45, 7) is 0. The lowest BCUT2D eigenvalue weighted by molar-refractivity contribution is -0.137. The van der Waals surface area contributed by atoms with Crippen LogP contribution in [0, 0.1) is 0 Å². The third-order valence-corrected chi connectivity index (χ3v) is 4.52. The Kier molecular flexibility index (Phi) is 6.86. The Morgan fingerprint density at radius 3 is 2.45 bits per heavy atom. The van der Waals surface area contributed by atoms with Crippen molar-refractivity contribution in [2.45, 2.75) is 6.18 Å². The molecule has 0 saturated carbocycles. The maximum atomic E-state index is 13.0. The number of carbonyl (C=O) groups excluding carboxylic acids is 2. The summed E-state index contributed by atoms with van der Waals surface area (Å²) in [7, 11) is 0. The highest BCUT2D eigenvalue weighted by Crippen LogP contribution is 2.30. The minimum atomic E-state index is -4.55. The standard InChI is InChI=1S/C22H15BrF3N3O2/c23-17-7-1-5-15(11-17)20(30)29-19(10-14-4-3-9-27-13-14)21(31)28-18-8-2-6-16(12-18)22(24,25)26/h1-13H,(H,28,31)(H,29,30). The summed E-state index contributed by atoms with van der Waals surface area (Å²) >= 11 is 3.27. The number of rotatable bonds is 5. The molecule has 3 rings (SSSR count). The Hall–Kier alpha value is -3.46. The molecular formula is C22H15BrF3N3O2. The summed E-state index contributed by atoms with van der Waals surface area (Å²) in [4.78, 5) is 29.4. The zero-order chi connectivity index (χ0) is 22.4. The van der Waals surface area contributed by atoms with E-state index in [2.05, 4.69) is 31.5 Å². The molecule has 0 saturated heterocycles. The number of nitrogens with zero attached hydrogens (tertiary/aromatic N) is 1. The van der Waals surface area contributed by atoms with Crippen molar-refractivity contribution in [3.63, 3.8) is 0 Å². The normalized spacial score (nSPS) is 11.7. The Labute approximate surface area is 184 Å². The highest BCUT2D eigenvalue weighted by molar-refractivity contribution is 9.10.